The van der Waals surface area contributed by atoms with Gasteiger partial charge in [0.1, 0.15) is 15.6 Å². The van der Waals surface area contributed by atoms with E-state index in [0.29, 0.717) is 5.56 Å². The highest BCUT2D eigenvalue weighted by molar-refractivity contribution is 7.93. The van der Waals surface area contributed by atoms with Crippen molar-refractivity contribution in [1.29, 1.82) is 0 Å². The lowest BCUT2D eigenvalue weighted by molar-refractivity contribution is -0.274. The number of sulfonamides is 1. The lowest BCUT2D eigenvalue weighted by Gasteiger charge is -2.34. The molecule has 0 aliphatic carbocycles. The number of sulfone groups is 1. The molecule has 0 aromatic heterocycles. The summed E-state index contributed by atoms with van der Waals surface area (Å²) in [4.78, 5) is 11.3. The van der Waals surface area contributed by atoms with E-state index in [2.05, 4.69) is 4.74 Å². The number of nitrogens with zero attached hydrogens (tertiary/aromatic N) is 1. The van der Waals surface area contributed by atoms with Crippen molar-refractivity contribution in [1.82, 2.24) is 0 Å². The van der Waals surface area contributed by atoms with Crippen LogP contribution in [0.5, 0.6) is 5.75 Å². The van der Waals surface area contributed by atoms with Gasteiger partial charge in [0.15, 0.2) is 0 Å². The summed E-state index contributed by atoms with van der Waals surface area (Å²) in [5, 5.41) is 0. The normalized spacial score (nSPS) is 19.3. The van der Waals surface area contributed by atoms with Crippen molar-refractivity contribution in [2.24, 2.45) is 5.73 Å². The van der Waals surface area contributed by atoms with Crippen LogP contribution in [-0.2, 0) is 25.3 Å². The number of carbonyl (C=O) groups excluding carboxylic acids is 1. The molecule has 2 aliphatic rings. The highest BCUT2D eigenvalue weighted by Crippen LogP contribution is 2.49. The highest BCUT2D eigenvalue weighted by Gasteiger charge is 2.49. The highest BCUT2D eigenvalue weighted by atomic mass is 32.2. The molecule has 13 heteroatoms. The summed E-state index contributed by atoms with van der Waals surface area (Å²) in [6.45, 7) is -0.118. The molecule has 0 bridgehead atoms. The molecule has 4 rings (SSSR count). The number of hydrogen-bond acceptors (Lipinski definition) is 6. The van der Waals surface area contributed by atoms with Crippen molar-refractivity contribution in [2.75, 3.05) is 22.4 Å². The smallest absolute Gasteiger partial charge is 0.406 e. The van der Waals surface area contributed by atoms with Gasteiger partial charge in [0.05, 0.1) is 22.1 Å². The summed E-state index contributed by atoms with van der Waals surface area (Å²) in [6, 6.07) is 8.25. The minimum absolute atomic E-state index is 0.118. The Labute approximate surface area is 188 Å². The van der Waals surface area contributed by atoms with E-state index in [1.165, 1.54) is 18.2 Å². The maximum atomic E-state index is 13.5. The zero-order valence-electron chi connectivity index (χ0n) is 17.0. The van der Waals surface area contributed by atoms with Gasteiger partial charge in [-0.05, 0) is 48.7 Å². The van der Waals surface area contributed by atoms with E-state index in [-0.39, 0.29) is 42.1 Å². The Bertz CT molecular complexity index is 1330. The molecule has 2 aromatic carbocycles. The maximum Gasteiger partial charge on any atom is 0.573 e. The third-order valence-corrected chi connectivity index (χ3v) is 9.39. The second-order valence-corrected chi connectivity index (χ2v) is 12.2. The van der Waals surface area contributed by atoms with Gasteiger partial charge in [-0.2, -0.15) is 0 Å². The largest absolute Gasteiger partial charge is 0.573 e. The minimum Gasteiger partial charge on any atom is -0.406 e. The van der Waals surface area contributed by atoms with Crippen LogP contribution in [0.4, 0.5) is 18.9 Å². The number of alkyl halides is 3. The van der Waals surface area contributed by atoms with Crippen molar-refractivity contribution in [3.63, 3.8) is 0 Å². The lowest BCUT2D eigenvalue weighted by atomic mass is 9.77. The standard InChI is InChI=1S/C20H19F3N2O6S2/c21-20(22,23)31-14-2-1-3-15(11-14)33(29,30)25-12-19(6-8-32(27,28)9-7-19)16-10-13(18(24)26)4-5-17(16)25/h1-5,10-11H,6-9,12H2,(H2,24,26). The second kappa shape index (κ2) is 7.62. The molecule has 0 radical (unpaired) electrons. The predicted molar refractivity (Wildman–Crippen MR) is 112 cm³/mol. The zero-order valence-corrected chi connectivity index (χ0v) is 18.6. The number of hydrogen-bond donors (Lipinski definition) is 1. The van der Waals surface area contributed by atoms with Crippen LogP contribution in [-0.4, -0.2) is 47.2 Å². The van der Waals surface area contributed by atoms with Crippen LogP contribution in [0.25, 0.3) is 0 Å². The topological polar surface area (TPSA) is 124 Å². The van der Waals surface area contributed by atoms with Crippen LogP contribution >= 0.6 is 0 Å². The van der Waals surface area contributed by atoms with E-state index in [1.807, 2.05) is 0 Å². The fourth-order valence-corrected chi connectivity index (χ4v) is 7.52. The number of nitrogens with two attached hydrogens (primary N) is 1. The van der Waals surface area contributed by atoms with Gasteiger partial charge >= 0.3 is 6.36 Å². The van der Waals surface area contributed by atoms with Crippen LogP contribution in [0.15, 0.2) is 47.4 Å². The van der Waals surface area contributed by atoms with Crippen molar-refractivity contribution in [2.45, 2.75) is 29.5 Å². The number of halogens is 3. The van der Waals surface area contributed by atoms with E-state index in [1.54, 1.807) is 0 Å². The minimum atomic E-state index is -4.99. The van der Waals surface area contributed by atoms with Crippen molar-refractivity contribution in [3.8, 4) is 5.75 Å². The molecule has 33 heavy (non-hydrogen) atoms. The lowest BCUT2D eigenvalue weighted by Crippen LogP contribution is -2.42. The molecule has 0 saturated carbocycles. The van der Waals surface area contributed by atoms with Gasteiger partial charge in [-0.3, -0.25) is 9.10 Å². The SMILES string of the molecule is NC(=O)c1ccc2c(c1)C1(CCS(=O)(=O)CC1)CN2S(=O)(=O)c1cccc(OC(F)(F)F)c1. The Morgan fingerprint density at radius 3 is 2.36 bits per heavy atom. The molecule has 1 fully saturated rings. The first kappa shape index (κ1) is 23.4. The van der Waals surface area contributed by atoms with Gasteiger partial charge in [-0.25, -0.2) is 16.8 Å². The number of anilines is 1. The first-order chi connectivity index (χ1) is 15.2. The van der Waals surface area contributed by atoms with Crippen LogP contribution in [0.3, 0.4) is 0 Å². The number of fused-ring (bicyclic) bond motifs is 2. The second-order valence-electron chi connectivity index (χ2n) is 8.06. The van der Waals surface area contributed by atoms with E-state index in [4.69, 9.17) is 5.73 Å². The zero-order chi connectivity index (χ0) is 24.2. The molecular weight excluding hydrogens is 485 g/mol. The fourth-order valence-electron chi connectivity index (χ4n) is 4.31. The third-order valence-electron chi connectivity index (χ3n) is 5.98. The van der Waals surface area contributed by atoms with Crippen molar-refractivity contribution >= 4 is 31.5 Å². The van der Waals surface area contributed by atoms with Crippen LogP contribution in [0, 0.1) is 0 Å². The van der Waals surface area contributed by atoms with E-state index in [9.17, 15) is 34.8 Å². The van der Waals surface area contributed by atoms with Gasteiger partial charge in [-0.1, -0.05) is 6.07 Å². The molecule has 2 aliphatic heterocycles. The van der Waals surface area contributed by atoms with Gasteiger partial charge in [-0.15, -0.1) is 13.2 Å². The Morgan fingerprint density at radius 2 is 1.76 bits per heavy atom. The Morgan fingerprint density at radius 1 is 1.09 bits per heavy atom. The van der Waals surface area contributed by atoms with Crippen molar-refractivity contribution in [3.05, 3.63) is 53.6 Å². The van der Waals surface area contributed by atoms with Crippen molar-refractivity contribution < 1.29 is 39.5 Å². The Hall–Kier alpha value is -2.80. The Balaban J connectivity index is 1.79. The van der Waals surface area contributed by atoms with Gasteiger partial charge in [0.2, 0.25) is 5.91 Å². The molecule has 1 saturated heterocycles. The summed E-state index contributed by atoms with van der Waals surface area (Å²) >= 11 is 0. The quantitative estimate of drug-likeness (QED) is 0.682. The molecule has 8 nitrogen and oxygen atoms in total. The molecule has 178 valence electrons. The predicted octanol–water partition coefficient (Wildman–Crippen LogP) is 2.34. The third kappa shape index (κ3) is 4.38. The number of benzene rings is 2. The van der Waals surface area contributed by atoms with Gasteiger partial charge < -0.3 is 10.5 Å². The van der Waals surface area contributed by atoms with Crippen LogP contribution in [0.2, 0.25) is 0 Å². The summed E-state index contributed by atoms with van der Waals surface area (Å²) in [7, 11) is -7.63. The van der Waals surface area contributed by atoms with E-state index in [0.717, 1.165) is 28.6 Å². The first-order valence-corrected chi connectivity index (χ1v) is 13.0. The van der Waals surface area contributed by atoms with Gasteiger partial charge in [0, 0.05) is 23.6 Å². The first-order valence-electron chi connectivity index (χ1n) is 9.76. The Kier molecular flexibility index (Phi) is 5.39. The molecule has 1 amide bonds. The molecule has 0 unspecified atom stereocenters. The number of ether oxygens (including phenoxy) is 1. The average molecular weight is 505 g/mol. The summed E-state index contributed by atoms with van der Waals surface area (Å²) in [5.41, 5.74) is 5.34. The molecule has 1 spiro atoms. The molecule has 0 atom stereocenters. The van der Waals surface area contributed by atoms with E-state index < -0.39 is 48.2 Å². The summed E-state index contributed by atoms with van der Waals surface area (Å²) in [5.74, 6) is -1.73. The summed E-state index contributed by atoms with van der Waals surface area (Å²) < 4.78 is 93.7. The van der Waals surface area contributed by atoms with Gasteiger partial charge in [0.25, 0.3) is 10.0 Å². The molecule has 2 N–H and O–H groups in total. The number of amides is 1. The fraction of sp³-hybridized carbons (Fsp3) is 0.350. The molecule has 2 heterocycles. The molecule has 2 aromatic rings. The summed E-state index contributed by atoms with van der Waals surface area (Å²) in [6.07, 6.45) is -4.73. The maximum absolute atomic E-state index is 13.5. The molecular formula is C20H19F3N2O6S2. The number of rotatable bonds is 4. The number of carbonyl (C=O) groups is 1. The van der Waals surface area contributed by atoms with Crippen LogP contribution < -0.4 is 14.8 Å². The number of primary amides is 1. The van der Waals surface area contributed by atoms with E-state index >= 15 is 0 Å². The van der Waals surface area contributed by atoms with Crippen LogP contribution in [0.1, 0.15) is 28.8 Å². The average Bonchev–Trinajstić information content (AvgIpc) is 3.04. The monoisotopic (exact) mass is 504 g/mol.